The summed E-state index contributed by atoms with van der Waals surface area (Å²) >= 11 is 11.8. The van der Waals surface area contributed by atoms with Gasteiger partial charge in [0, 0.05) is 55.4 Å². The molecule has 3 aromatic rings. The van der Waals surface area contributed by atoms with E-state index < -0.39 is 14.9 Å². The number of fused-ring (bicyclic) bond motifs is 1. The molecule has 4 rings (SSSR count). The van der Waals surface area contributed by atoms with Gasteiger partial charge in [-0.2, -0.15) is 4.31 Å². The van der Waals surface area contributed by atoms with Crippen molar-refractivity contribution < 1.29 is 18.1 Å². The van der Waals surface area contributed by atoms with Gasteiger partial charge in [0.2, 0.25) is 10.0 Å². The van der Waals surface area contributed by atoms with Gasteiger partial charge in [-0.05, 0) is 24.3 Å². The van der Waals surface area contributed by atoms with E-state index >= 15 is 0 Å². The largest absolute Gasteiger partial charge is 0.360 e. The Morgan fingerprint density at radius 3 is 2.39 bits per heavy atom. The number of hydrogen-bond acceptors (Lipinski definition) is 5. The molecule has 1 fully saturated rings. The van der Waals surface area contributed by atoms with E-state index in [1.807, 2.05) is 0 Å². The molecule has 0 unspecified atom stereocenters. The maximum atomic E-state index is 13.0. The van der Waals surface area contributed by atoms with Crippen LogP contribution in [0.3, 0.4) is 0 Å². The highest BCUT2D eigenvalue weighted by molar-refractivity contribution is 7.89. The monoisotopic (exact) mass is 482 g/mol. The van der Waals surface area contributed by atoms with Crippen LogP contribution in [0.1, 0.15) is 10.4 Å². The van der Waals surface area contributed by atoms with Gasteiger partial charge in [0.05, 0.1) is 25.4 Å². The van der Waals surface area contributed by atoms with Crippen LogP contribution < -0.4 is 0 Å². The first-order valence-electron chi connectivity index (χ1n) is 9.18. The van der Waals surface area contributed by atoms with Crippen LogP contribution in [-0.4, -0.2) is 59.6 Å². The van der Waals surface area contributed by atoms with Crippen molar-refractivity contribution in [3.05, 3.63) is 68.3 Å². The number of non-ortho nitro benzene ring substituents is 1. The van der Waals surface area contributed by atoms with Gasteiger partial charge in [0.25, 0.3) is 11.6 Å². The lowest BCUT2D eigenvalue weighted by molar-refractivity contribution is -0.384. The molecule has 0 saturated carbocycles. The first kappa shape index (κ1) is 21.6. The van der Waals surface area contributed by atoms with Crippen molar-refractivity contribution in [3.8, 4) is 0 Å². The van der Waals surface area contributed by atoms with Gasteiger partial charge in [-0.3, -0.25) is 14.9 Å². The minimum absolute atomic E-state index is 0.0330. The topological polar surface area (TPSA) is 117 Å². The lowest BCUT2D eigenvalue weighted by Gasteiger charge is -2.34. The Labute approximate surface area is 187 Å². The number of aromatic amines is 1. The van der Waals surface area contributed by atoms with Gasteiger partial charge >= 0.3 is 0 Å². The number of nitrogens with one attached hydrogen (secondary N) is 1. The molecule has 0 atom stereocenters. The number of piperazine rings is 1. The number of nitro groups is 1. The summed E-state index contributed by atoms with van der Waals surface area (Å²) in [6, 6.07) is 8.37. The Balaban J connectivity index is 1.52. The average Bonchev–Trinajstić information content (AvgIpc) is 3.18. The number of carbonyl (C=O) groups is 1. The van der Waals surface area contributed by atoms with Crippen molar-refractivity contribution in [1.82, 2.24) is 14.2 Å². The summed E-state index contributed by atoms with van der Waals surface area (Å²) in [6.45, 7) is 0.579. The van der Waals surface area contributed by atoms with Crippen molar-refractivity contribution in [3.63, 3.8) is 0 Å². The lowest BCUT2D eigenvalue weighted by atomic mass is 10.1. The predicted octanol–water partition coefficient (Wildman–Crippen LogP) is 3.53. The molecule has 0 spiro atoms. The van der Waals surface area contributed by atoms with Crippen molar-refractivity contribution in [2.45, 2.75) is 4.90 Å². The summed E-state index contributed by atoms with van der Waals surface area (Å²) in [4.78, 5) is 28.0. The maximum absolute atomic E-state index is 13.0. The highest BCUT2D eigenvalue weighted by Crippen LogP contribution is 2.28. The van der Waals surface area contributed by atoms with E-state index in [9.17, 15) is 23.3 Å². The minimum atomic E-state index is -3.78. The van der Waals surface area contributed by atoms with Gasteiger partial charge in [0.15, 0.2) is 0 Å². The van der Waals surface area contributed by atoms with Crippen LogP contribution in [0.25, 0.3) is 10.9 Å². The van der Waals surface area contributed by atoms with Gasteiger partial charge < -0.3 is 9.88 Å². The molecule has 1 aliphatic heterocycles. The van der Waals surface area contributed by atoms with Gasteiger partial charge in [-0.1, -0.05) is 23.2 Å². The molecule has 9 nitrogen and oxygen atoms in total. The van der Waals surface area contributed by atoms with E-state index in [1.54, 1.807) is 6.07 Å². The number of sulfonamides is 1. The fourth-order valence-corrected chi connectivity index (χ4v) is 5.30. The molecule has 1 aliphatic rings. The molecule has 1 amide bonds. The molecule has 0 bridgehead atoms. The molecule has 12 heteroatoms. The summed E-state index contributed by atoms with van der Waals surface area (Å²) < 4.78 is 27.1. The van der Waals surface area contributed by atoms with Crippen LogP contribution in [0.5, 0.6) is 0 Å². The van der Waals surface area contributed by atoms with Crippen LogP contribution in [0.2, 0.25) is 10.0 Å². The summed E-state index contributed by atoms with van der Waals surface area (Å²) in [5.74, 6) is -0.321. The van der Waals surface area contributed by atoms with Crippen LogP contribution >= 0.6 is 23.2 Å². The highest BCUT2D eigenvalue weighted by Gasteiger charge is 2.31. The molecular formula is C19H16Cl2N4O5S. The first-order valence-corrected chi connectivity index (χ1v) is 11.4. The number of amides is 1. The van der Waals surface area contributed by atoms with Gasteiger partial charge in [-0.15, -0.1) is 0 Å². The van der Waals surface area contributed by atoms with E-state index in [0.29, 0.717) is 16.5 Å². The second-order valence-corrected chi connectivity index (χ2v) is 9.71. The Morgan fingerprint density at radius 1 is 1.03 bits per heavy atom. The fourth-order valence-electron chi connectivity index (χ4n) is 3.49. The zero-order valence-corrected chi connectivity index (χ0v) is 18.2. The second kappa shape index (κ2) is 8.12. The molecule has 31 heavy (non-hydrogen) atoms. The summed E-state index contributed by atoms with van der Waals surface area (Å²) in [5, 5.41) is 11.9. The molecular weight excluding hydrogens is 467 g/mol. The summed E-state index contributed by atoms with van der Waals surface area (Å²) in [5.41, 5.74) is 0.799. The van der Waals surface area contributed by atoms with Crippen molar-refractivity contribution in [1.29, 1.82) is 0 Å². The van der Waals surface area contributed by atoms with Crippen molar-refractivity contribution in [2.24, 2.45) is 0 Å². The molecule has 1 saturated heterocycles. The van der Waals surface area contributed by atoms with Crippen LogP contribution in [0.15, 0.2) is 47.5 Å². The Bertz CT molecular complexity index is 1300. The van der Waals surface area contributed by atoms with E-state index in [1.165, 1.54) is 45.7 Å². The third-order valence-electron chi connectivity index (χ3n) is 5.16. The zero-order chi connectivity index (χ0) is 22.3. The third kappa shape index (κ3) is 3.99. The second-order valence-electron chi connectivity index (χ2n) is 6.96. The number of rotatable bonds is 4. The number of aromatic nitrogens is 1. The quantitative estimate of drug-likeness (QED) is 0.450. The van der Waals surface area contributed by atoms with E-state index in [2.05, 4.69) is 4.98 Å². The molecule has 162 valence electrons. The summed E-state index contributed by atoms with van der Waals surface area (Å²) in [7, 11) is -3.78. The minimum Gasteiger partial charge on any atom is -0.360 e. The maximum Gasteiger partial charge on any atom is 0.270 e. The van der Waals surface area contributed by atoms with E-state index in [0.717, 1.165) is 0 Å². The third-order valence-corrected chi connectivity index (χ3v) is 7.79. The number of hydrogen-bond donors (Lipinski definition) is 1. The Morgan fingerprint density at radius 2 is 1.74 bits per heavy atom. The van der Waals surface area contributed by atoms with E-state index in [-0.39, 0.29) is 52.7 Å². The van der Waals surface area contributed by atoms with Gasteiger partial charge in [0.1, 0.15) is 0 Å². The van der Waals surface area contributed by atoms with Crippen molar-refractivity contribution >= 4 is 55.7 Å². The summed E-state index contributed by atoms with van der Waals surface area (Å²) in [6.07, 6.45) is 1.51. The lowest BCUT2D eigenvalue weighted by Crippen LogP contribution is -2.50. The number of benzene rings is 2. The molecule has 1 aromatic heterocycles. The van der Waals surface area contributed by atoms with Gasteiger partial charge in [-0.25, -0.2) is 8.42 Å². The zero-order valence-electron chi connectivity index (χ0n) is 15.9. The fraction of sp³-hybridized carbons (Fsp3) is 0.211. The Hall–Kier alpha value is -2.66. The predicted molar refractivity (Wildman–Crippen MR) is 116 cm³/mol. The highest BCUT2D eigenvalue weighted by atomic mass is 35.5. The van der Waals surface area contributed by atoms with Crippen molar-refractivity contribution in [2.75, 3.05) is 26.2 Å². The number of carbonyl (C=O) groups excluding carboxylic acids is 1. The number of H-pyrrole nitrogens is 1. The number of halogens is 2. The first-order chi connectivity index (χ1) is 14.7. The molecule has 1 N–H and O–H groups in total. The SMILES string of the molecule is O=C(c1c[nH]c2ccc([N+](=O)[O-])cc12)N1CCN(S(=O)(=O)c2ccc(Cl)c(Cl)c2)CC1. The normalized spacial score (nSPS) is 15.4. The molecule has 2 heterocycles. The number of nitro benzene ring substituents is 1. The van der Waals surface area contributed by atoms with Crippen LogP contribution in [0, 0.1) is 10.1 Å². The van der Waals surface area contributed by atoms with Crippen LogP contribution in [-0.2, 0) is 10.0 Å². The molecule has 0 aliphatic carbocycles. The average molecular weight is 483 g/mol. The smallest absolute Gasteiger partial charge is 0.270 e. The standard InChI is InChI=1S/C19H16Cl2N4O5S/c20-16-3-2-13(10-17(16)21)31(29,30)24-7-5-23(6-8-24)19(26)15-11-22-18-4-1-12(25(27)28)9-14(15)18/h1-4,9-11,22H,5-8H2. The molecule has 0 radical (unpaired) electrons. The number of nitrogens with zero attached hydrogens (tertiary/aromatic N) is 3. The van der Waals surface area contributed by atoms with E-state index in [4.69, 9.17) is 23.2 Å². The molecule has 2 aromatic carbocycles. The van der Waals surface area contributed by atoms with Crippen LogP contribution in [0.4, 0.5) is 5.69 Å². The Kier molecular flexibility index (Phi) is 5.65.